The van der Waals surface area contributed by atoms with Crippen LogP contribution in [0.4, 0.5) is 0 Å². The summed E-state index contributed by atoms with van der Waals surface area (Å²) >= 11 is 0. The van der Waals surface area contributed by atoms with Crippen LogP contribution in [0.15, 0.2) is 109 Å². The van der Waals surface area contributed by atoms with E-state index in [2.05, 4.69) is 152 Å². The molecule has 0 saturated carbocycles. The number of rotatable bonds is 4. The van der Waals surface area contributed by atoms with Gasteiger partial charge in [0, 0.05) is 11.1 Å². The standard InChI is InChI=1S/C51H50N2O.Pt/c1-47(2)25-27-49(5,6)37-31-43-39(29-35(37)47)51(45-23-15-21-41(52-45)33-17-11-9-12-18-33,46-24-16-22-42(53-46)34-19-13-10-14-20-34)40-30-36-38(32-44(40)54-43)50(7,8)28-26-48(36,3)4;/h9-17,19,21-24,29-32H,25-28H2,1-8H3;/q-2;+2. The fraction of sp³-hybridized carbons (Fsp3) is 0.333. The zero-order chi connectivity index (χ0) is 37.7. The minimum Gasteiger partial charge on any atom is -0.457 e. The topological polar surface area (TPSA) is 35.0 Å². The van der Waals surface area contributed by atoms with Gasteiger partial charge in [-0.2, -0.15) is 0 Å². The van der Waals surface area contributed by atoms with Gasteiger partial charge < -0.3 is 4.74 Å². The van der Waals surface area contributed by atoms with Gasteiger partial charge in [0.05, 0.1) is 11.4 Å². The van der Waals surface area contributed by atoms with Crippen molar-refractivity contribution in [2.75, 3.05) is 0 Å². The molecule has 0 bridgehead atoms. The van der Waals surface area contributed by atoms with Gasteiger partial charge in [0.1, 0.15) is 16.9 Å². The van der Waals surface area contributed by atoms with Crippen LogP contribution in [0.3, 0.4) is 0 Å². The monoisotopic (exact) mass is 901 g/mol. The maximum Gasteiger partial charge on any atom is 2.00 e. The number of fused-ring (bicyclic) bond motifs is 4. The van der Waals surface area contributed by atoms with Crippen LogP contribution in [0, 0.1) is 12.1 Å². The van der Waals surface area contributed by atoms with Crippen molar-refractivity contribution >= 4 is 0 Å². The molecule has 0 N–H and O–H groups in total. The number of ether oxygens (including phenoxy) is 1. The van der Waals surface area contributed by atoms with Crippen LogP contribution in [0.2, 0.25) is 0 Å². The van der Waals surface area contributed by atoms with Crippen LogP contribution in [-0.4, -0.2) is 9.97 Å². The first-order valence-corrected chi connectivity index (χ1v) is 19.7. The number of aromatic nitrogens is 2. The van der Waals surface area contributed by atoms with E-state index in [9.17, 15) is 0 Å². The second kappa shape index (κ2) is 13.1. The van der Waals surface area contributed by atoms with E-state index in [1.54, 1.807) is 0 Å². The van der Waals surface area contributed by atoms with Gasteiger partial charge in [-0.1, -0.05) is 79.7 Å². The Morgan fingerprint density at radius 1 is 0.455 bits per heavy atom. The summed E-state index contributed by atoms with van der Waals surface area (Å²) in [5.41, 5.74) is 12.3. The Labute approximate surface area is 342 Å². The van der Waals surface area contributed by atoms with Gasteiger partial charge in [0.15, 0.2) is 0 Å². The smallest absolute Gasteiger partial charge is 0.457 e. The first-order valence-electron chi connectivity index (χ1n) is 19.7. The Morgan fingerprint density at radius 2 is 0.836 bits per heavy atom. The molecule has 0 unspecified atom stereocenters. The van der Waals surface area contributed by atoms with E-state index in [1.165, 1.54) is 22.3 Å². The number of nitrogens with zero attached hydrogens (tertiary/aromatic N) is 2. The summed E-state index contributed by atoms with van der Waals surface area (Å²) in [4.78, 5) is 11.3. The molecule has 2 aliphatic carbocycles. The maximum absolute atomic E-state index is 7.29. The maximum atomic E-state index is 7.29. The summed E-state index contributed by atoms with van der Waals surface area (Å²) in [7, 11) is 0. The van der Waals surface area contributed by atoms with Crippen molar-refractivity contribution in [3.63, 3.8) is 0 Å². The predicted octanol–water partition coefficient (Wildman–Crippen LogP) is 12.6. The molecule has 0 fully saturated rings. The minimum absolute atomic E-state index is 0. The summed E-state index contributed by atoms with van der Waals surface area (Å²) in [5.74, 6) is 1.77. The third-order valence-electron chi connectivity index (χ3n) is 13.2. The zero-order valence-corrected chi connectivity index (χ0v) is 35.6. The summed E-state index contributed by atoms with van der Waals surface area (Å²) < 4.78 is 7.29. The predicted molar refractivity (Wildman–Crippen MR) is 220 cm³/mol. The third kappa shape index (κ3) is 5.95. The van der Waals surface area contributed by atoms with Crippen LogP contribution in [0.1, 0.15) is 126 Å². The van der Waals surface area contributed by atoms with Gasteiger partial charge in [-0.05, 0) is 117 Å². The van der Waals surface area contributed by atoms with Crippen LogP contribution in [-0.2, 0) is 48.1 Å². The molecule has 4 heteroatoms. The van der Waals surface area contributed by atoms with Crippen LogP contribution < -0.4 is 4.74 Å². The summed E-state index contributed by atoms with van der Waals surface area (Å²) in [5, 5.41) is 0. The molecule has 2 aromatic heterocycles. The Hall–Kier alpha value is -4.33. The van der Waals surface area contributed by atoms with Crippen molar-refractivity contribution in [1.82, 2.24) is 9.97 Å². The summed E-state index contributed by atoms with van der Waals surface area (Å²) in [6.07, 6.45) is 4.47. The van der Waals surface area contributed by atoms with E-state index < -0.39 is 5.41 Å². The van der Waals surface area contributed by atoms with Gasteiger partial charge in [-0.3, -0.25) is 9.97 Å². The molecule has 1 aliphatic heterocycles. The quantitative estimate of drug-likeness (QED) is 0.165. The molecule has 55 heavy (non-hydrogen) atoms. The molecule has 0 spiro atoms. The van der Waals surface area contributed by atoms with Crippen molar-refractivity contribution in [3.8, 4) is 34.0 Å². The van der Waals surface area contributed by atoms with Crippen molar-refractivity contribution in [2.24, 2.45) is 0 Å². The van der Waals surface area contributed by atoms with Crippen LogP contribution in [0.5, 0.6) is 11.5 Å². The molecule has 4 aromatic carbocycles. The number of hydrogen-bond donors (Lipinski definition) is 0. The first-order chi connectivity index (χ1) is 25.7. The molecular formula is C51H50N2OPt. The Balaban J connectivity index is 0.00000427. The molecule has 0 atom stereocenters. The van der Waals surface area contributed by atoms with Crippen LogP contribution >= 0.6 is 0 Å². The van der Waals surface area contributed by atoms with Gasteiger partial charge in [0.25, 0.3) is 0 Å². The van der Waals surface area contributed by atoms with E-state index in [1.807, 2.05) is 24.3 Å². The minimum atomic E-state index is -0.905. The number of hydrogen-bond acceptors (Lipinski definition) is 3. The average Bonchev–Trinajstić information content (AvgIpc) is 3.17. The zero-order valence-electron chi connectivity index (χ0n) is 33.3. The SMILES string of the molecule is CC1(C)CCC(C)(C)c2cc3c(cc21)Oc1cc2c(cc1C3(c1cccc(-c3[c-]cccc3)n1)c1cccc(-c3[c-]cccc3)n1)C(C)(C)CCC2(C)C.[Pt+2]. The fourth-order valence-corrected chi connectivity index (χ4v) is 9.58. The first kappa shape index (κ1) is 37.6. The average molecular weight is 902 g/mol. The van der Waals surface area contributed by atoms with Crippen molar-refractivity contribution in [1.29, 1.82) is 0 Å². The molecule has 0 amide bonds. The number of benzene rings is 4. The van der Waals surface area contributed by atoms with Gasteiger partial charge >= 0.3 is 21.1 Å². The van der Waals surface area contributed by atoms with Gasteiger partial charge in [-0.25, -0.2) is 0 Å². The normalized spacial score (nSPS) is 19.0. The largest absolute Gasteiger partial charge is 2.00 e. The molecule has 280 valence electrons. The molecule has 9 rings (SSSR count). The summed E-state index contributed by atoms with van der Waals surface area (Å²) in [6, 6.07) is 45.8. The Kier molecular flexibility index (Phi) is 8.97. The van der Waals surface area contributed by atoms with Crippen molar-refractivity contribution < 1.29 is 25.8 Å². The van der Waals surface area contributed by atoms with E-state index in [0.717, 1.165) is 82.2 Å². The van der Waals surface area contributed by atoms with E-state index in [-0.39, 0.29) is 42.7 Å². The van der Waals surface area contributed by atoms with Gasteiger partial charge in [-0.15, -0.1) is 71.8 Å². The fourth-order valence-electron chi connectivity index (χ4n) is 9.58. The molecule has 6 aromatic rings. The van der Waals surface area contributed by atoms with E-state index in [4.69, 9.17) is 14.7 Å². The Bertz CT molecular complexity index is 2260. The second-order valence-electron chi connectivity index (χ2n) is 18.5. The molecule has 3 aliphatic rings. The molecule has 0 saturated heterocycles. The van der Waals surface area contributed by atoms with Gasteiger partial charge in [0.2, 0.25) is 0 Å². The van der Waals surface area contributed by atoms with E-state index >= 15 is 0 Å². The van der Waals surface area contributed by atoms with E-state index in [0.29, 0.717) is 0 Å². The second-order valence-corrected chi connectivity index (χ2v) is 18.5. The molecule has 3 nitrogen and oxygen atoms in total. The molecule has 3 heterocycles. The third-order valence-corrected chi connectivity index (χ3v) is 13.2. The van der Waals surface area contributed by atoms with Crippen molar-refractivity contribution in [2.45, 2.75) is 108 Å². The molecule has 0 radical (unpaired) electrons. The van der Waals surface area contributed by atoms with Crippen LogP contribution in [0.25, 0.3) is 22.5 Å². The Morgan fingerprint density at radius 3 is 1.20 bits per heavy atom. The summed E-state index contributed by atoms with van der Waals surface area (Å²) in [6.45, 7) is 19.2. The number of pyridine rings is 2. The molecular weight excluding hydrogens is 852 g/mol. The van der Waals surface area contributed by atoms with Crippen molar-refractivity contribution in [3.05, 3.63) is 166 Å².